The van der Waals surface area contributed by atoms with E-state index in [-0.39, 0.29) is 11.8 Å². The van der Waals surface area contributed by atoms with Gasteiger partial charge in [0.15, 0.2) is 0 Å². The maximum absolute atomic E-state index is 10.2. The molecule has 5 aromatic rings. The summed E-state index contributed by atoms with van der Waals surface area (Å²) in [6, 6.07) is 36.1. The summed E-state index contributed by atoms with van der Waals surface area (Å²) in [5, 5.41) is 20.4. The van der Waals surface area contributed by atoms with Crippen LogP contribution < -0.4 is 0 Å². The van der Waals surface area contributed by atoms with E-state index in [2.05, 4.69) is 99.6 Å². The highest BCUT2D eigenvalue weighted by Gasteiger charge is 2.23. The van der Waals surface area contributed by atoms with Crippen molar-refractivity contribution >= 4 is 0 Å². The van der Waals surface area contributed by atoms with Gasteiger partial charge < -0.3 is 10.2 Å². The van der Waals surface area contributed by atoms with Crippen molar-refractivity contribution in [1.82, 2.24) is 0 Å². The minimum absolute atomic E-state index is 0.0466. The van der Waals surface area contributed by atoms with Crippen LogP contribution in [0.3, 0.4) is 0 Å². The minimum atomic E-state index is 0.0466. The molecule has 39 heavy (non-hydrogen) atoms. The van der Waals surface area contributed by atoms with Crippen molar-refractivity contribution in [3.05, 3.63) is 164 Å². The Hall–Kier alpha value is -4.30. The van der Waals surface area contributed by atoms with Gasteiger partial charge in [0.25, 0.3) is 0 Å². The monoisotopic (exact) mass is 512 g/mol. The van der Waals surface area contributed by atoms with Crippen LogP contribution in [0.1, 0.15) is 73.0 Å². The summed E-state index contributed by atoms with van der Waals surface area (Å²) in [6.07, 6.45) is 0. The number of phenolic OH excluding ortho intramolecular Hbond substituents is 2. The van der Waals surface area contributed by atoms with Crippen LogP contribution >= 0.6 is 0 Å². The predicted octanol–water partition coefficient (Wildman–Crippen LogP) is 9.00. The molecule has 2 unspecified atom stereocenters. The first-order chi connectivity index (χ1) is 18.7. The lowest BCUT2D eigenvalue weighted by atomic mass is 9.79. The molecule has 5 aromatic carbocycles. The van der Waals surface area contributed by atoms with E-state index >= 15 is 0 Å². The summed E-state index contributed by atoms with van der Waals surface area (Å²) >= 11 is 0. The van der Waals surface area contributed by atoms with Crippen LogP contribution in [-0.2, 0) is 0 Å². The Balaban J connectivity index is 1.66. The number of hydrogen-bond acceptors (Lipinski definition) is 2. The van der Waals surface area contributed by atoms with Gasteiger partial charge in [0.05, 0.1) is 0 Å². The number of hydrogen-bond donors (Lipinski definition) is 2. The third-order valence-corrected chi connectivity index (χ3v) is 7.80. The Morgan fingerprint density at radius 2 is 0.821 bits per heavy atom. The van der Waals surface area contributed by atoms with Gasteiger partial charge in [-0.1, -0.05) is 102 Å². The average Bonchev–Trinajstić information content (AvgIpc) is 2.90. The zero-order chi connectivity index (χ0) is 27.7. The standard InChI is InChI=1S/C37H36O2/c1-23-8-6-10-28(18-23)36(31-13-16-34(38)26(4)21-31)30-12-15-33(25(3)20-30)37(29-11-7-9-24(2)19-29)32-14-17-35(39)27(5)22-32/h6-22,36-39H,1-5H3. The van der Waals surface area contributed by atoms with Crippen LogP contribution in [0.4, 0.5) is 0 Å². The summed E-state index contributed by atoms with van der Waals surface area (Å²) in [4.78, 5) is 0. The molecule has 2 N–H and O–H groups in total. The normalized spacial score (nSPS) is 12.7. The molecule has 2 atom stereocenters. The molecule has 196 valence electrons. The second-order valence-corrected chi connectivity index (χ2v) is 10.9. The number of aromatic hydroxyl groups is 2. The largest absolute Gasteiger partial charge is 0.508 e. The maximum Gasteiger partial charge on any atom is 0.118 e. The Labute approximate surface area is 232 Å². The number of rotatable bonds is 6. The fourth-order valence-corrected chi connectivity index (χ4v) is 5.75. The second kappa shape index (κ2) is 10.8. The quantitative estimate of drug-likeness (QED) is 0.223. The first-order valence-electron chi connectivity index (χ1n) is 13.5. The smallest absolute Gasteiger partial charge is 0.118 e. The van der Waals surface area contributed by atoms with E-state index in [0.717, 1.165) is 22.3 Å². The highest BCUT2D eigenvalue weighted by Crippen LogP contribution is 2.39. The SMILES string of the molecule is Cc1cccc(C(c2ccc(O)c(C)c2)c2ccc(C(c3cccc(C)c3)c3ccc(O)c(C)c3)c(C)c2)c1. The van der Waals surface area contributed by atoms with Gasteiger partial charge in [-0.3, -0.25) is 0 Å². The van der Waals surface area contributed by atoms with Crippen LogP contribution in [0.15, 0.2) is 103 Å². The van der Waals surface area contributed by atoms with Crippen LogP contribution in [0.5, 0.6) is 11.5 Å². The summed E-state index contributed by atoms with van der Waals surface area (Å²) in [7, 11) is 0. The van der Waals surface area contributed by atoms with Crippen molar-refractivity contribution < 1.29 is 10.2 Å². The average molecular weight is 513 g/mol. The molecule has 0 fully saturated rings. The topological polar surface area (TPSA) is 40.5 Å². The molecule has 0 heterocycles. The van der Waals surface area contributed by atoms with Crippen molar-refractivity contribution in [1.29, 1.82) is 0 Å². The second-order valence-electron chi connectivity index (χ2n) is 10.9. The van der Waals surface area contributed by atoms with E-state index in [4.69, 9.17) is 0 Å². The van der Waals surface area contributed by atoms with Gasteiger partial charge in [-0.05, 0) is 96.8 Å². The summed E-state index contributed by atoms with van der Waals surface area (Å²) in [5.41, 5.74) is 12.7. The molecule has 2 heteroatoms. The van der Waals surface area contributed by atoms with Crippen LogP contribution in [0.25, 0.3) is 0 Å². The van der Waals surface area contributed by atoms with Crippen LogP contribution in [0.2, 0.25) is 0 Å². The minimum Gasteiger partial charge on any atom is -0.508 e. The molecule has 0 aliphatic heterocycles. The molecule has 0 radical (unpaired) electrons. The first kappa shape index (κ1) is 26.3. The fourth-order valence-electron chi connectivity index (χ4n) is 5.75. The Kier molecular flexibility index (Phi) is 7.30. The molecule has 5 rings (SSSR count). The molecule has 0 spiro atoms. The van der Waals surface area contributed by atoms with Gasteiger partial charge in [0.1, 0.15) is 11.5 Å². The van der Waals surface area contributed by atoms with Crippen molar-refractivity contribution in [3.63, 3.8) is 0 Å². The highest BCUT2D eigenvalue weighted by molar-refractivity contribution is 5.53. The van der Waals surface area contributed by atoms with E-state index < -0.39 is 0 Å². The zero-order valence-corrected chi connectivity index (χ0v) is 23.4. The molecule has 0 aromatic heterocycles. The summed E-state index contributed by atoms with van der Waals surface area (Å²) < 4.78 is 0. The molecular formula is C37H36O2. The van der Waals surface area contributed by atoms with Crippen molar-refractivity contribution in [2.75, 3.05) is 0 Å². The van der Waals surface area contributed by atoms with Gasteiger partial charge in [-0.2, -0.15) is 0 Å². The first-order valence-corrected chi connectivity index (χ1v) is 13.5. The summed E-state index contributed by atoms with van der Waals surface area (Å²) in [6.45, 7) is 10.4. The lowest BCUT2D eigenvalue weighted by Crippen LogP contribution is -2.09. The number of benzene rings is 5. The zero-order valence-electron chi connectivity index (χ0n) is 23.4. The molecule has 2 nitrogen and oxygen atoms in total. The molecule has 0 amide bonds. The molecule has 0 aliphatic rings. The Morgan fingerprint density at radius 1 is 0.410 bits per heavy atom. The van der Waals surface area contributed by atoms with Gasteiger partial charge >= 0.3 is 0 Å². The van der Waals surface area contributed by atoms with E-state index in [9.17, 15) is 10.2 Å². The van der Waals surface area contributed by atoms with Crippen LogP contribution in [0, 0.1) is 34.6 Å². The lowest BCUT2D eigenvalue weighted by molar-refractivity contribution is 0.470. The summed E-state index contributed by atoms with van der Waals surface area (Å²) in [5.74, 6) is 0.731. The van der Waals surface area contributed by atoms with E-state index in [0.29, 0.717) is 11.5 Å². The third-order valence-electron chi connectivity index (χ3n) is 7.80. The van der Waals surface area contributed by atoms with E-state index in [1.54, 1.807) is 12.1 Å². The molecule has 0 saturated carbocycles. The molecule has 0 aliphatic carbocycles. The lowest BCUT2D eigenvalue weighted by Gasteiger charge is -2.25. The van der Waals surface area contributed by atoms with Crippen molar-refractivity contribution in [2.24, 2.45) is 0 Å². The number of aryl methyl sites for hydroxylation is 5. The third kappa shape index (κ3) is 5.47. The Morgan fingerprint density at radius 3 is 1.28 bits per heavy atom. The van der Waals surface area contributed by atoms with Gasteiger partial charge in [-0.15, -0.1) is 0 Å². The highest BCUT2D eigenvalue weighted by atomic mass is 16.3. The van der Waals surface area contributed by atoms with Gasteiger partial charge in [0, 0.05) is 11.8 Å². The molecular weight excluding hydrogens is 476 g/mol. The van der Waals surface area contributed by atoms with Gasteiger partial charge in [0.2, 0.25) is 0 Å². The molecule has 0 saturated heterocycles. The van der Waals surface area contributed by atoms with E-state index in [1.165, 1.54) is 38.9 Å². The predicted molar refractivity (Wildman–Crippen MR) is 161 cm³/mol. The number of phenols is 2. The van der Waals surface area contributed by atoms with Gasteiger partial charge in [-0.25, -0.2) is 0 Å². The molecule has 0 bridgehead atoms. The van der Waals surface area contributed by atoms with Crippen molar-refractivity contribution in [3.8, 4) is 11.5 Å². The van der Waals surface area contributed by atoms with Crippen LogP contribution in [-0.4, -0.2) is 10.2 Å². The maximum atomic E-state index is 10.2. The fraction of sp³-hybridized carbons (Fsp3) is 0.189. The van der Waals surface area contributed by atoms with Crippen molar-refractivity contribution in [2.45, 2.75) is 46.5 Å². The Bertz CT molecular complexity index is 1650. The van der Waals surface area contributed by atoms with E-state index in [1.807, 2.05) is 26.0 Å².